The summed E-state index contributed by atoms with van der Waals surface area (Å²) in [6.45, 7) is 0. The van der Waals surface area contributed by atoms with Gasteiger partial charge in [-0.3, -0.25) is 0 Å². The zero-order valence-corrected chi connectivity index (χ0v) is 28.5. The molecule has 0 unspecified atom stereocenters. The van der Waals surface area contributed by atoms with E-state index in [2.05, 4.69) is 181 Å². The molecule has 240 valence electrons. The zero-order valence-electron chi connectivity index (χ0n) is 27.7. The summed E-state index contributed by atoms with van der Waals surface area (Å²) in [6.07, 6.45) is 0. The Hall–Kier alpha value is -6.42. The van der Waals surface area contributed by atoms with Crippen LogP contribution in [0.1, 0.15) is 0 Å². The topological polar surface area (TPSA) is 16.4 Å². The molecule has 0 spiro atoms. The van der Waals surface area contributed by atoms with Crippen molar-refractivity contribution >= 4 is 70.5 Å². The van der Waals surface area contributed by atoms with Crippen molar-refractivity contribution in [1.29, 1.82) is 0 Å². The number of nitrogens with zero attached hydrogens (tertiary/aromatic N) is 1. The summed E-state index contributed by atoms with van der Waals surface area (Å²) in [6, 6.07) is 67.3. The Kier molecular flexibility index (Phi) is 7.04. The average Bonchev–Trinajstić information content (AvgIpc) is 3.79. The fourth-order valence-electron chi connectivity index (χ4n) is 7.53. The normalized spacial score (nSPS) is 11.5. The van der Waals surface area contributed by atoms with Gasteiger partial charge in [0.25, 0.3) is 0 Å². The highest BCUT2D eigenvalue weighted by atomic mass is 32.1. The summed E-state index contributed by atoms with van der Waals surface area (Å²) < 4.78 is 8.80. The van der Waals surface area contributed by atoms with Crippen LogP contribution in [0.5, 0.6) is 0 Å². The van der Waals surface area contributed by atoms with Crippen molar-refractivity contribution in [2.24, 2.45) is 0 Å². The molecule has 2 heterocycles. The number of hydrogen-bond acceptors (Lipinski definition) is 3. The van der Waals surface area contributed by atoms with Crippen LogP contribution in [0, 0.1) is 0 Å². The second kappa shape index (κ2) is 12.2. The van der Waals surface area contributed by atoms with Crippen LogP contribution in [0.15, 0.2) is 192 Å². The van der Waals surface area contributed by atoms with E-state index in [9.17, 15) is 0 Å². The van der Waals surface area contributed by atoms with Crippen molar-refractivity contribution in [2.75, 3.05) is 4.90 Å². The Bertz CT molecular complexity index is 2850. The van der Waals surface area contributed by atoms with E-state index < -0.39 is 0 Å². The molecule has 0 saturated heterocycles. The third kappa shape index (κ3) is 5.01. The van der Waals surface area contributed by atoms with E-state index in [0.29, 0.717) is 0 Å². The standard InChI is InChI=1S/C48H31NOS/c1-3-13-33(14-4-1)39-29-30-42(47-41-20-8-10-24-45(41)51-48(39)47)49(36-17-5-2-6-18-36)37-27-25-32(26-28-37)34-15-11-16-35(31-34)38-21-12-23-44-46(38)40-19-7-9-22-43(40)50-44/h1-31H. The molecule has 0 saturated carbocycles. The van der Waals surface area contributed by atoms with Crippen molar-refractivity contribution in [3.8, 4) is 33.4 Å². The summed E-state index contributed by atoms with van der Waals surface area (Å²) in [5.41, 5.74) is 12.4. The maximum atomic E-state index is 6.21. The number of anilines is 3. The van der Waals surface area contributed by atoms with E-state index in [0.717, 1.165) is 33.3 Å². The van der Waals surface area contributed by atoms with Gasteiger partial charge in [-0.25, -0.2) is 0 Å². The van der Waals surface area contributed by atoms with Crippen LogP contribution in [0.2, 0.25) is 0 Å². The Labute approximate surface area is 300 Å². The highest BCUT2D eigenvalue weighted by Gasteiger charge is 2.21. The van der Waals surface area contributed by atoms with Crippen molar-refractivity contribution in [2.45, 2.75) is 0 Å². The molecule has 0 N–H and O–H groups in total. The Morgan fingerprint density at radius 1 is 0.392 bits per heavy atom. The predicted molar refractivity (Wildman–Crippen MR) is 218 cm³/mol. The number of benzene rings is 8. The third-order valence-corrected chi connectivity index (χ3v) is 11.1. The fraction of sp³-hybridized carbons (Fsp3) is 0. The lowest BCUT2D eigenvalue weighted by Gasteiger charge is -2.27. The van der Waals surface area contributed by atoms with Crippen LogP contribution < -0.4 is 4.90 Å². The minimum Gasteiger partial charge on any atom is -0.456 e. The number of para-hydroxylation sites is 2. The molecule has 10 aromatic rings. The van der Waals surface area contributed by atoms with Crippen LogP contribution in [-0.2, 0) is 0 Å². The molecule has 0 fully saturated rings. The molecule has 3 heteroatoms. The van der Waals surface area contributed by atoms with E-state index in [1.165, 1.54) is 59.2 Å². The van der Waals surface area contributed by atoms with Crippen LogP contribution >= 0.6 is 11.3 Å². The molecule has 0 amide bonds. The summed E-state index contributed by atoms with van der Waals surface area (Å²) in [4.78, 5) is 2.40. The van der Waals surface area contributed by atoms with E-state index in [1.54, 1.807) is 0 Å². The monoisotopic (exact) mass is 669 g/mol. The van der Waals surface area contributed by atoms with Crippen molar-refractivity contribution in [3.05, 3.63) is 188 Å². The molecule has 2 nitrogen and oxygen atoms in total. The quantitative estimate of drug-likeness (QED) is 0.175. The third-order valence-electron chi connectivity index (χ3n) is 9.88. The van der Waals surface area contributed by atoms with Crippen LogP contribution in [-0.4, -0.2) is 0 Å². The summed E-state index contributed by atoms with van der Waals surface area (Å²) in [5.74, 6) is 0. The molecule has 0 aliphatic rings. The van der Waals surface area contributed by atoms with Gasteiger partial charge in [-0.15, -0.1) is 11.3 Å². The molecule has 10 rings (SSSR count). The number of thiophene rings is 1. The molecule has 8 aromatic carbocycles. The maximum Gasteiger partial charge on any atom is 0.136 e. The summed E-state index contributed by atoms with van der Waals surface area (Å²) in [5, 5.41) is 4.85. The number of furan rings is 1. The molecule has 0 atom stereocenters. The van der Waals surface area contributed by atoms with Crippen molar-refractivity contribution in [3.63, 3.8) is 0 Å². The SMILES string of the molecule is c1ccc(-c2ccc(N(c3ccccc3)c3ccc(-c4cccc(-c5cccc6oc7ccccc7c56)c4)cc3)c3c2sc2ccccc23)cc1. The van der Waals surface area contributed by atoms with Gasteiger partial charge in [-0.05, 0) is 88.0 Å². The Morgan fingerprint density at radius 2 is 1.04 bits per heavy atom. The highest BCUT2D eigenvalue weighted by molar-refractivity contribution is 7.26. The van der Waals surface area contributed by atoms with Crippen LogP contribution in [0.25, 0.3) is 75.5 Å². The van der Waals surface area contributed by atoms with Crippen LogP contribution in [0.3, 0.4) is 0 Å². The lowest BCUT2D eigenvalue weighted by atomic mass is 9.95. The first kappa shape index (κ1) is 29.5. The summed E-state index contributed by atoms with van der Waals surface area (Å²) in [7, 11) is 0. The number of hydrogen-bond donors (Lipinski definition) is 0. The minimum absolute atomic E-state index is 0.911. The number of fused-ring (bicyclic) bond motifs is 6. The minimum atomic E-state index is 0.911. The largest absolute Gasteiger partial charge is 0.456 e. The van der Waals surface area contributed by atoms with Gasteiger partial charge < -0.3 is 9.32 Å². The van der Waals surface area contributed by atoms with Crippen LogP contribution in [0.4, 0.5) is 17.1 Å². The smallest absolute Gasteiger partial charge is 0.136 e. The molecule has 0 bridgehead atoms. The van der Waals surface area contributed by atoms with Gasteiger partial charge in [0, 0.05) is 42.3 Å². The second-order valence-electron chi connectivity index (χ2n) is 12.9. The lowest BCUT2D eigenvalue weighted by molar-refractivity contribution is 0.669. The first-order chi connectivity index (χ1) is 25.3. The second-order valence-corrected chi connectivity index (χ2v) is 13.9. The first-order valence-electron chi connectivity index (χ1n) is 17.3. The Morgan fingerprint density at radius 3 is 1.88 bits per heavy atom. The zero-order chi connectivity index (χ0) is 33.7. The fourth-order valence-corrected chi connectivity index (χ4v) is 8.79. The Balaban J connectivity index is 1.10. The van der Waals surface area contributed by atoms with Crippen molar-refractivity contribution < 1.29 is 4.42 Å². The van der Waals surface area contributed by atoms with E-state index >= 15 is 0 Å². The summed E-state index contributed by atoms with van der Waals surface area (Å²) >= 11 is 1.87. The first-order valence-corrected chi connectivity index (χ1v) is 18.1. The van der Waals surface area contributed by atoms with Gasteiger partial charge in [-0.1, -0.05) is 133 Å². The van der Waals surface area contributed by atoms with Gasteiger partial charge in [0.1, 0.15) is 11.2 Å². The maximum absolute atomic E-state index is 6.21. The van der Waals surface area contributed by atoms with E-state index in [4.69, 9.17) is 4.42 Å². The average molecular weight is 670 g/mol. The lowest BCUT2D eigenvalue weighted by Crippen LogP contribution is -2.10. The molecule has 0 aliphatic carbocycles. The highest BCUT2D eigenvalue weighted by Crippen LogP contribution is 2.48. The van der Waals surface area contributed by atoms with Gasteiger partial charge in [0.15, 0.2) is 0 Å². The van der Waals surface area contributed by atoms with Gasteiger partial charge in [0.05, 0.1) is 5.69 Å². The number of rotatable bonds is 6. The van der Waals surface area contributed by atoms with Gasteiger partial charge in [-0.2, -0.15) is 0 Å². The van der Waals surface area contributed by atoms with E-state index in [-0.39, 0.29) is 0 Å². The molecule has 51 heavy (non-hydrogen) atoms. The van der Waals surface area contributed by atoms with Gasteiger partial charge >= 0.3 is 0 Å². The molecular weight excluding hydrogens is 639 g/mol. The van der Waals surface area contributed by atoms with Gasteiger partial charge in [0.2, 0.25) is 0 Å². The molecule has 0 aliphatic heterocycles. The molecular formula is C48H31NOS. The molecule has 2 aromatic heterocycles. The van der Waals surface area contributed by atoms with E-state index in [1.807, 2.05) is 23.5 Å². The predicted octanol–water partition coefficient (Wildman–Crippen LogP) is 14.4. The van der Waals surface area contributed by atoms with Crippen molar-refractivity contribution in [1.82, 2.24) is 0 Å². The molecule has 0 radical (unpaired) electrons.